The Kier molecular flexibility index (Phi) is 8.38. The van der Waals surface area contributed by atoms with Gasteiger partial charge in [0.2, 0.25) is 0 Å². The highest BCUT2D eigenvalue weighted by molar-refractivity contribution is 6.15. The van der Waals surface area contributed by atoms with Gasteiger partial charge in [-0.15, -0.1) is 0 Å². The average molecular weight is 465 g/mol. The van der Waals surface area contributed by atoms with Crippen LogP contribution < -0.4 is 4.74 Å². The number of rotatable bonds is 8. The van der Waals surface area contributed by atoms with Gasteiger partial charge in [0, 0.05) is 44.3 Å². The summed E-state index contributed by atoms with van der Waals surface area (Å²) in [6.07, 6.45) is 3.16. The zero-order chi connectivity index (χ0) is 24.2. The molecule has 1 aliphatic heterocycles. The van der Waals surface area contributed by atoms with E-state index in [1.165, 1.54) is 6.92 Å². The fourth-order valence-corrected chi connectivity index (χ4v) is 4.89. The van der Waals surface area contributed by atoms with Gasteiger partial charge < -0.3 is 9.47 Å². The Morgan fingerprint density at radius 2 is 1.82 bits per heavy atom. The van der Waals surface area contributed by atoms with Crippen LogP contribution in [0, 0.1) is 25.7 Å². The molecule has 1 saturated carbocycles. The lowest BCUT2D eigenvalue weighted by atomic mass is 9.84. The number of alkyl halides is 2. The molecule has 1 aromatic rings. The largest absolute Gasteiger partial charge is 0.487 e. The van der Waals surface area contributed by atoms with E-state index in [9.17, 15) is 23.2 Å². The molecule has 0 bridgehead atoms. The Bertz CT molecular complexity index is 864. The third-order valence-corrected chi connectivity index (χ3v) is 6.88. The summed E-state index contributed by atoms with van der Waals surface area (Å²) in [7, 11) is 0. The van der Waals surface area contributed by atoms with Crippen LogP contribution in [0.5, 0.6) is 5.75 Å². The highest BCUT2D eigenvalue weighted by atomic mass is 19.3. The zero-order valence-electron chi connectivity index (χ0n) is 19.8. The number of aryl methyl sites for hydroxylation is 2. The molecule has 0 aromatic heterocycles. The number of benzene rings is 1. The molecule has 5 nitrogen and oxygen atoms in total. The van der Waals surface area contributed by atoms with E-state index in [0.29, 0.717) is 29.7 Å². The number of ketones is 3. The maximum absolute atomic E-state index is 13.5. The van der Waals surface area contributed by atoms with Gasteiger partial charge in [0.1, 0.15) is 23.2 Å². The van der Waals surface area contributed by atoms with Crippen molar-refractivity contribution in [2.45, 2.75) is 77.6 Å². The maximum atomic E-state index is 13.5. The van der Waals surface area contributed by atoms with Crippen LogP contribution in [0.1, 0.15) is 74.5 Å². The first-order chi connectivity index (χ1) is 15.6. The molecule has 2 aliphatic rings. The Morgan fingerprint density at radius 3 is 2.48 bits per heavy atom. The molecule has 3 rings (SSSR count). The molecule has 1 saturated heterocycles. The molecule has 0 N–H and O–H groups in total. The molecule has 0 radical (unpaired) electrons. The highest BCUT2D eigenvalue weighted by Crippen LogP contribution is 2.39. The van der Waals surface area contributed by atoms with Gasteiger partial charge in [-0.05, 0) is 61.9 Å². The quantitative estimate of drug-likeness (QED) is 0.499. The number of hydrogen-bond donors (Lipinski definition) is 0. The Morgan fingerprint density at radius 1 is 1.12 bits per heavy atom. The maximum Gasteiger partial charge on any atom is 0.281 e. The van der Waals surface area contributed by atoms with E-state index in [-0.39, 0.29) is 48.3 Å². The van der Waals surface area contributed by atoms with Crippen molar-refractivity contribution in [1.29, 1.82) is 0 Å². The second-order valence-electron chi connectivity index (χ2n) is 9.44. The van der Waals surface area contributed by atoms with E-state index in [1.807, 2.05) is 0 Å². The van der Waals surface area contributed by atoms with Crippen molar-refractivity contribution in [3.8, 4) is 5.75 Å². The molecule has 1 aliphatic carbocycles. The number of ether oxygens (including phenoxy) is 2. The van der Waals surface area contributed by atoms with Gasteiger partial charge in [-0.25, -0.2) is 8.78 Å². The summed E-state index contributed by atoms with van der Waals surface area (Å²) < 4.78 is 37.9. The van der Waals surface area contributed by atoms with Crippen molar-refractivity contribution < 1.29 is 32.6 Å². The SMILES string of the molecule is CCC(F)(F)COc1cc(C)c(C2C(=O)CC(CC(=O)C3CCCCOCC3)C2=O)c(C)c1. The molecule has 0 amide bonds. The predicted octanol–water partition coefficient (Wildman–Crippen LogP) is 5.14. The van der Waals surface area contributed by atoms with Crippen LogP contribution in [0.25, 0.3) is 0 Å². The van der Waals surface area contributed by atoms with Crippen LogP contribution >= 0.6 is 0 Å². The van der Waals surface area contributed by atoms with Crippen LogP contribution in [0.15, 0.2) is 12.1 Å². The predicted molar refractivity (Wildman–Crippen MR) is 120 cm³/mol. The lowest BCUT2D eigenvalue weighted by Crippen LogP contribution is -2.25. The second-order valence-corrected chi connectivity index (χ2v) is 9.44. The second kappa shape index (κ2) is 10.9. The summed E-state index contributed by atoms with van der Waals surface area (Å²) in [5, 5.41) is 0. The van der Waals surface area contributed by atoms with E-state index in [2.05, 4.69) is 0 Å². The molecule has 3 atom stereocenters. The van der Waals surface area contributed by atoms with Gasteiger partial charge in [-0.1, -0.05) is 13.3 Å². The Hall–Kier alpha value is -2.15. The molecular formula is C26H34F2O5. The van der Waals surface area contributed by atoms with Gasteiger partial charge >= 0.3 is 0 Å². The van der Waals surface area contributed by atoms with Crippen LogP contribution in [0.3, 0.4) is 0 Å². The lowest BCUT2D eigenvalue weighted by Gasteiger charge is -2.21. The first kappa shape index (κ1) is 25.5. The van der Waals surface area contributed by atoms with Gasteiger partial charge in [0.25, 0.3) is 5.92 Å². The zero-order valence-corrected chi connectivity index (χ0v) is 19.8. The van der Waals surface area contributed by atoms with Gasteiger partial charge in [0.05, 0.1) is 0 Å². The van der Waals surface area contributed by atoms with Gasteiger partial charge in [-0.2, -0.15) is 0 Å². The summed E-state index contributed by atoms with van der Waals surface area (Å²) >= 11 is 0. The van der Waals surface area contributed by atoms with E-state index in [0.717, 1.165) is 25.9 Å². The monoisotopic (exact) mass is 464 g/mol. The Balaban J connectivity index is 1.71. The van der Waals surface area contributed by atoms with Gasteiger partial charge in [-0.3, -0.25) is 14.4 Å². The van der Waals surface area contributed by atoms with Crippen molar-refractivity contribution in [3.63, 3.8) is 0 Å². The minimum absolute atomic E-state index is 0.0429. The van der Waals surface area contributed by atoms with Gasteiger partial charge in [0.15, 0.2) is 12.4 Å². The smallest absolute Gasteiger partial charge is 0.281 e. The molecule has 2 fully saturated rings. The van der Waals surface area contributed by atoms with E-state index in [4.69, 9.17) is 9.47 Å². The summed E-state index contributed by atoms with van der Waals surface area (Å²) in [5.41, 5.74) is 1.91. The third-order valence-electron chi connectivity index (χ3n) is 6.88. The van der Waals surface area contributed by atoms with Crippen LogP contribution in [0.4, 0.5) is 8.78 Å². The minimum atomic E-state index is -2.92. The fraction of sp³-hybridized carbons (Fsp3) is 0.654. The first-order valence-electron chi connectivity index (χ1n) is 11.9. The molecule has 7 heteroatoms. The van der Waals surface area contributed by atoms with E-state index < -0.39 is 24.4 Å². The molecular weight excluding hydrogens is 430 g/mol. The molecule has 1 heterocycles. The average Bonchev–Trinajstić information content (AvgIpc) is 2.99. The number of hydrogen-bond acceptors (Lipinski definition) is 5. The van der Waals surface area contributed by atoms with Crippen molar-refractivity contribution in [2.24, 2.45) is 11.8 Å². The van der Waals surface area contributed by atoms with Crippen molar-refractivity contribution in [2.75, 3.05) is 19.8 Å². The summed E-state index contributed by atoms with van der Waals surface area (Å²) in [5.74, 6) is -4.61. The standard InChI is InChI=1S/C26H34F2O5/c1-4-26(27,28)15-33-20-11-16(2)23(17(3)12-20)24-22(30)14-19(25(24)31)13-21(29)18-7-5-6-9-32-10-8-18/h11-12,18-19,24H,4-10,13-15H2,1-3H3. The molecule has 3 unspecified atom stereocenters. The topological polar surface area (TPSA) is 69.7 Å². The fourth-order valence-electron chi connectivity index (χ4n) is 4.89. The number of carbonyl (C=O) groups excluding carboxylic acids is 3. The minimum Gasteiger partial charge on any atom is -0.487 e. The molecule has 0 spiro atoms. The molecule has 182 valence electrons. The summed E-state index contributed by atoms with van der Waals surface area (Å²) in [4.78, 5) is 38.9. The van der Waals surface area contributed by atoms with E-state index >= 15 is 0 Å². The van der Waals surface area contributed by atoms with Crippen LogP contribution in [0.2, 0.25) is 0 Å². The Labute approximate surface area is 194 Å². The van der Waals surface area contributed by atoms with Crippen LogP contribution in [-0.4, -0.2) is 43.1 Å². The number of carbonyl (C=O) groups is 3. The van der Waals surface area contributed by atoms with Crippen molar-refractivity contribution in [1.82, 2.24) is 0 Å². The number of halogens is 2. The summed E-state index contributed by atoms with van der Waals surface area (Å²) in [6.45, 7) is 5.45. The first-order valence-corrected chi connectivity index (χ1v) is 11.9. The highest BCUT2D eigenvalue weighted by Gasteiger charge is 2.44. The normalized spacial score (nSPS) is 24.5. The lowest BCUT2D eigenvalue weighted by molar-refractivity contribution is -0.130. The third kappa shape index (κ3) is 6.25. The van der Waals surface area contributed by atoms with Crippen molar-refractivity contribution >= 4 is 17.3 Å². The molecule has 33 heavy (non-hydrogen) atoms. The van der Waals surface area contributed by atoms with E-state index in [1.54, 1.807) is 26.0 Å². The van der Waals surface area contributed by atoms with Crippen LogP contribution in [-0.2, 0) is 19.1 Å². The number of Topliss-reactive ketones (excluding diaryl/α,β-unsaturated/α-hetero) is 3. The molecule has 1 aromatic carbocycles. The summed E-state index contributed by atoms with van der Waals surface area (Å²) in [6, 6.07) is 3.20. The van der Waals surface area contributed by atoms with Crippen molar-refractivity contribution in [3.05, 3.63) is 28.8 Å².